The largest absolute Gasteiger partial charge is 0.387 e. The molecule has 0 radical (unpaired) electrons. The van der Waals surface area contributed by atoms with Crippen LogP contribution in [0.4, 0.5) is 0 Å². The number of amides is 1. The molecule has 0 spiro atoms. The van der Waals surface area contributed by atoms with Gasteiger partial charge >= 0.3 is 0 Å². The summed E-state index contributed by atoms with van der Waals surface area (Å²) in [5.41, 5.74) is 2.60. The van der Waals surface area contributed by atoms with Crippen molar-refractivity contribution in [2.45, 2.75) is 25.9 Å². The highest BCUT2D eigenvalue weighted by atomic mass is 79.9. The second-order valence-electron chi connectivity index (χ2n) is 5.56. The standard InChI is InChI=1S/C18H20BrNO2/c1-12(2)13-6-8-14(9-7-13)17(21)11-20-18(22)15-4-3-5-16(19)10-15/h3-10,12,17,21H,11H2,1-2H3,(H,20,22). The van der Waals surface area contributed by atoms with Gasteiger partial charge in [0.25, 0.3) is 5.91 Å². The molecule has 0 aliphatic carbocycles. The molecule has 0 saturated carbocycles. The van der Waals surface area contributed by atoms with E-state index in [2.05, 4.69) is 35.1 Å². The van der Waals surface area contributed by atoms with Crippen molar-refractivity contribution in [1.82, 2.24) is 5.32 Å². The lowest BCUT2D eigenvalue weighted by atomic mass is 10.00. The van der Waals surface area contributed by atoms with Gasteiger partial charge in [-0.15, -0.1) is 0 Å². The van der Waals surface area contributed by atoms with Crippen LogP contribution in [0, 0.1) is 0 Å². The van der Waals surface area contributed by atoms with Gasteiger partial charge in [0.2, 0.25) is 0 Å². The predicted molar refractivity (Wildman–Crippen MR) is 92.0 cm³/mol. The summed E-state index contributed by atoms with van der Waals surface area (Å²) in [4.78, 5) is 12.0. The van der Waals surface area contributed by atoms with Gasteiger partial charge in [0.05, 0.1) is 6.10 Å². The van der Waals surface area contributed by atoms with Crippen molar-refractivity contribution in [2.24, 2.45) is 0 Å². The molecule has 2 N–H and O–H groups in total. The first-order valence-electron chi connectivity index (χ1n) is 7.29. The zero-order valence-corrected chi connectivity index (χ0v) is 14.3. The Morgan fingerprint density at radius 3 is 2.36 bits per heavy atom. The fourth-order valence-corrected chi connectivity index (χ4v) is 2.54. The van der Waals surface area contributed by atoms with E-state index in [4.69, 9.17) is 0 Å². The lowest BCUT2D eigenvalue weighted by Crippen LogP contribution is -2.28. The Bertz CT molecular complexity index is 638. The molecule has 4 heteroatoms. The number of carbonyl (C=O) groups is 1. The van der Waals surface area contributed by atoms with Crippen molar-refractivity contribution in [3.63, 3.8) is 0 Å². The highest BCUT2D eigenvalue weighted by molar-refractivity contribution is 9.10. The van der Waals surface area contributed by atoms with Gasteiger partial charge in [-0.05, 0) is 35.2 Å². The van der Waals surface area contributed by atoms with Gasteiger partial charge < -0.3 is 10.4 Å². The number of hydrogen-bond donors (Lipinski definition) is 2. The summed E-state index contributed by atoms with van der Waals surface area (Å²) in [6.45, 7) is 4.44. The molecule has 2 aromatic rings. The number of halogens is 1. The minimum absolute atomic E-state index is 0.187. The molecule has 0 aliphatic heterocycles. The molecule has 0 saturated heterocycles. The first kappa shape index (κ1) is 16.7. The molecule has 116 valence electrons. The summed E-state index contributed by atoms with van der Waals surface area (Å²) >= 11 is 3.34. The van der Waals surface area contributed by atoms with E-state index in [0.29, 0.717) is 11.5 Å². The van der Waals surface area contributed by atoms with Crippen LogP contribution in [-0.2, 0) is 0 Å². The molecule has 22 heavy (non-hydrogen) atoms. The van der Waals surface area contributed by atoms with Crippen LogP contribution in [0.2, 0.25) is 0 Å². The summed E-state index contributed by atoms with van der Waals surface area (Å²) in [7, 11) is 0. The number of nitrogens with one attached hydrogen (secondary N) is 1. The van der Waals surface area contributed by atoms with Crippen LogP contribution in [0.3, 0.4) is 0 Å². The lowest BCUT2D eigenvalue weighted by molar-refractivity contribution is 0.0916. The zero-order chi connectivity index (χ0) is 16.1. The molecule has 0 heterocycles. The Balaban J connectivity index is 1.94. The molecular formula is C18H20BrNO2. The summed E-state index contributed by atoms with van der Waals surface area (Å²) in [5, 5.41) is 12.9. The minimum Gasteiger partial charge on any atom is -0.387 e. The molecule has 3 nitrogen and oxygen atoms in total. The van der Waals surface area contributed by atoms with Crippen LogP contribution in [0.25, 0.3) is 0 Å². The van der Waals surface area contributed by atoms with Crippen molar-refractivity contribution >= 4 is 21.8 Å². The Hall–Kier alpha value is -1.65. The van der Waals surface area contributed by atoms with Crippen LogP contribution >= 0.6 is 15.9 Å². The second kappa shape index (κ2) is 7.56. The molecule has 2 aromatic carbocycles. The minimum atomic E-state index is -0.711. The number of aliphatic hydroxyl groups is 1. The van der Waals surface area contributed by atoms with Crippen LogP contribution in [-0.4, -0.2) is 17.6 Å². The van der Waals surface area contributed by atoms with Crippen molar-refractivity contribution < 1.29 is 9.90 Å². The van der Waals surface area contributed by atoms with E-state index >= 15 is 0 Å². The van der Waals surface area contributed by atoms with Crippen LogP contribution in [0.1, 0.15) is 47.4 Å². The highest BCUT2D eigenvalue weighted by Crippen LogP contribution is 2.18. The fourth-order valence-electron chi connectivity index (χ4n) is 2.14. The molecule has 0 bridgehead atoms. The maximum atomic E-state index is 12.0. The average molecular weight is 362 g/mol. The van der Waals surface area contributed by atoms with Gasteiger partial charge in [0.15, 0.2) is 0 Å². The Morgan fingerprint density at radius 2 is 1.77 bits per heavy atom. The number of benzene rings is 2. The average Bonchev–Trinajstić information content (AvgIpc) is 2.52. The maximum absolute atomic E-state index is 12.0. The quantitative estimate of drug-likeness (QED) is 0.844. The van der Waals surface area contributed by atoms with Crippen LogP contribution < -0.4 is 5.32 Å². The topological polar surface area (TPSA) is 49.3 Å². The second-order valence-corrected chi connectivity index (χ2v) is 6.47. The third kappa shape index (κ3) is 4.42. The molecule has 1 amide bonds. The fraction of sp³-hybridized carbons (Fsp3) is 0.278. The van der Waals surface area contributed by atoms with Crippen molar-refractivity contribution in [3.05, 3.63) is 69.7 Å². The lowest BCUT2D eigenvalue weighted by Gasteiger charge is -2.14. The maximum Gasteiger partial charge on any atom is 0.251 e. The van der Waals surface area contributed by atoms with Gasteiger partial charge in [0.1, 0.15) is 0 Å². The number of hydrogen-bond acceptors (Lipinski definition) is 2. The van der Waals surface area contributed by atoms with E-state index in [1.54, 1.807) is 18.2 Å². The molecule has 1 atom stereocenters. The predicted octanol–water partition coefficient (Wildman–Crippen LogP) is 4.04. The van der Waals surface area contributed by atoms with E-state index in [1.807, 2.05) is 30.3 Å². The van der Waals surface area contributed by atoms with Crippen LogP contribution in [0.15, 0.2) is 53.0 Å². The number of carbonyl (C=O) groups excluding carboxylic acids is 1. The zero-order valence-electron chi connectivity index (χ0n) is 12.7. The summed E-state index contributed by atoms with van der Waals surface area (Å²) in [6, 6.07) is 15.0. The van der Waals surface area contributed by atoms with E-state index in [0.717, 1.165) is 10.0 Å². The molecule has 0 fully saturated rings. The summed E-state index contributed by atoms with van der Waals surface area (Å²) in [5.74, 6) is 0.265. The van der Waals surface area contributed by atoms with Crippen LogP contribution in [0.5, 0.6) is 0 Å². The first-order valence-corrected chi connectivity index (χ1v) is 8.08. The van der Waals surface area contributed by atoms with E-state index < -0.39 is 6.10 Å². The van der Waals surface area contributed by atoms with Gasteiger partial charge in [-0.25, -0.2) is 0 Å². The molecule has 2 rings (SSSR count). The molecule has 1 unspecified atom stereocenters. The monoisotopic (exact) mass is 361 g/mol. The van der Waals surface area contributed by atoms with Crippen molar-refractivity contribution in [2.75, 3.05) is 6.54 Å². The Kier molecular flexibility index (Phi) is 5.75. The van der Waals surface area contributed by atoms with Crippen molar-refractivity contribution in [3.8, 4) is 0 Å². The third-order valence-electron chi connectivity index (χ3n) is 3.53. The van der Waals surface area contributed by atoms with Gasteiger partial charge in [-0.3, -0.25) is 4.79 Å². The highest BCUT2D eigenvalue weighted by Gasteiger charge is 2.11. The smallest absolute Gasteiger partial charge is 0.251 e. The number of rotatable bonds is 5. The molecule has 0 aliphatic rings. The molecular weight excluding hydrogens is 342 g/mol. The van der Waals surface area contributed by atoms with E-state index in [9.17, 15) is 9.90 Å². The van der Waals surface area contributed by atoms with Gasteiger partial charge in [0, 0.05) is 16.6 Å². The first-order chi connectivity index (χ1) is 10.5. The summed E-state index contributed by atoms with van der Waals surface area (Å²) < 4.78 is 0.852. The third-order valence-corrected chi connectivity index (χ3v) is 4.02. The number of aliphatic hydroxyl groups excluding tert-OH is 1. The molecule has 0 aromatic heterocycles. The SMILES string of the molecule is CC(C)c1ccc(C(O)CNC(=O)c2cccc(Br)c2)cc1. The Morgan fingerprint density at radius 1 is 1.14 bits per heavy atom. The van der Waals surface area contributed by atoms with Crippen molar-refractivity contribution in [1.29, 1.82) is 0 Å². The van der Waals surface area contributed by atoms with E-state index in [1.165, 1.54) is 5.56 Å². The van der Waals surface area contributed by atoms with Gasteiger partial charge in [-0.2, -0.15) is 0 Å². The summed E-state index contributed by atoms with van der Waals surface area (Å²) in [6.07, 6.45) is -0.711. The van der Waals surface area contributed by atoms with Gasteiger partial charge in [-0.1, -0.05) is 60.1 Å². The van der Waals surface area contributed by atoms with E-state index in [-0.39, 0.29) is 12.5 Å². The normalized spacial score (nSPS) is 12.2. The Labute approximate surface area is 139 Å².